The summed E-state index contributed by atoms with van der Waals surface area (Å²) in [5, 5.41) is 9.48. The van der Waals surface area contributed by atoms with Gasteiger partial charge in [0.1, 0.15) is 5.82 Å². The molecule has 1 aromatic rings. The molecule has 0 aliphatic heterocycles. The van der Waals surface area contributed by atoms with E-state index in [9.17, 15) is 5.11 Å². The van der Waals surface area contributed by atoms with Crippen molar-refractivity contribution in [1.29, 1.82) is 0 Å². The van der Waals surface area contributed by atoms with Crippen molar-refractivity contribution < 1.29 is 5.11 Å². The smallest absolute Gasteiger partial charge is 0.131 e. The molecular formula is C13H20N2O. The molecule has 1 fully saturated rings. The van der Waals surface area contributed by atoms with Gasteiger partial charge in [0.15, 0.2) is 0 Å². The first-order valence-corrected chi connectivity index (χ1v) is 6.17. The minimum absolute atomic E-state index is 0.107. The van der Waals surface area contributed by atoms with Gasteiger partial charge in [-0.15, -0.1) is 0 Å². The number of aliphatic hydroxyl groups excluding tert-OH is 1. The van der Waals surface area contributed by atoms with Crippen LogP contribution < -0.4 is 0 Å². The second-order valence-electron chi connectivity index (χ2n) is 5.00. The maximum absolute atomic E-state index is 9.48. The Labute approximate surface area is 96.9 Å². The van der Waals surface area contributed by atoms with Crippen LogP contribution in [-0.4, -0.2) is 21.2 Å². The van der Waals surface area contributed by atoms with Crippen molar-refractivity contribution in [3.63, 3.8) is 0 Å². The molecule has 0 amide bonds. The fourth-order valence-corrected chi connectivity index (χ4v) is 2.24. The van der Waals surface area contributed by atoms with Crippen molar-refractivity contribution in [2.24, 2.45) is 0 Å². The van der Waals surface area contributed by atoms with E-state index in [1.54, 1.807) is 0 Å². The van der Waals surface area contributed by atoms with Gasteiger partial charge >= 0.3 is 0 Å². The second kappa shape index (κ2) is 4.91. The Morgan fingerprint density at radius 1 is 1.25 bits per heavy atom. The van der Waals surface area contributed by atoms with Crippen LogP contribution in [0.3, 0.4) is 0 Å². The molecule has 3 heteroatoms. The molecule has 0 spiro atoms. The summed E-state index contributed by atoms with van der Waals surface area (Å²) in [5.74, 6) is 1.87. The lowest BCUT2D eigenvalue weighted by Gasteiger charge is -2.24. The highest BCUT2D eigenvalue weighted by Gasteiger charge is 2.23. The monoisotopic (exact) mass is 220 g/mol. The molecule has 0 saturated heterocycles. The van der Waals surface area contributed by atoms with E-state index in [0.717, 1.165) is 37.2 Å². The van der Waals surface area contributed by atoms with Gasteiger partial charge in [-0.3, -0.25) is 0 Å². The Hall–Kier alpha value is -0.960. The normalized spacial score (nSPS) is 26.0. The summed E-state index contributed by atoms with van der Waals surface area (Å²) >= 11 is 0. The highest BCUT2D eigenvalue weighted by atomic mass is 16.3. The topological polar surface area (TPSA) is 46.0 Å². The van der Waals surface area contributed by atoms with Crippen molar-refractivity contribution in [1.82, 2.24) is 9.97 Å². The zero-order chi connectivity index (χ0) is 11.5. The molecule has 3 nitrogen and oxygen atoms in total. The van der Waals surface area contributed by atoms with E-state index in [1.165, 1.54) is 0 Å². The van der Waals surface area contributed by atoms with E-state index in [4.69, 9.17) is 0 Å². The summed E-state index contributed by atoms with van der Waals surface area (Å²) in [6.07, 6.45) is 5.57. The molecule has 1 N–H and O–H groups in total. The lowest BCUT2D eigenvalue weighted by Crippen LogP contribution is -2.18. The van der Waals surface area contributed by atoms with Crippen LogP contribution in [0, 0.1) is 0 Å². The van der Waals surface area contributed by atoms with Crippen molar-refractivity contribution >= 4 is 0 Å². The number of hydrogen-bond donors (Lipinski definition) is 1. The third kappa shape index (κ3) is 2.59. The largest absolute Gasteiger partial charge is 0.393 e. The molecule has 0 atom stereocenters. The maximum Gasteiger partial charge on any atom is 0.131 e. The third-order valence-corrected chi connectivity index (χ3v) is 3.35. The number of nitrogens with zero attached hydrogens (tertiary/aromatic N) is 2. The quantitative estimate of drug-likeness (QED) is 0.833. The van der Waals surface area contributed by atoms with Gasteiger partial charge in [-0.05, 0) is 37.7 Å². The zero-order valence-electron chi connectivity index (χ0n) is 10.1. The molecule has 16 heavy (non-hydrogen) atoms. The summed E-state index contributed by atoms with van der Waals surface area (Å²) < 4.78 is 0. The molecule has 0 aromatic carbocycles. The summed E-state index contributed by atoms with van der Waals surface area (Å²) in [6.45, 7) is 4.30. The predicted molar refractivity (Wildman–Crippen MR) is 63.3 cm³/mol. The van der Waals surface area contributed by atoms with Gasteiger partial charge in [0.25, 0.3) is 0 Å². The van der Waals surface area contributed by atoms with E-state index in [0.29, 0.717) is 11.8 Å². The van der Waals surface area contributed by atoms with Gasteiger partial charge in [0, 0.05) is 17.8 Å². The van der Waals surface area contributed by atoms with Gasteiger partial charge in [-0.2, -0.15) is 0 Å². The van der Waals surface area contributed by atoms with E-state index in [2.05, 4.69) is 23.8 Å². The highest BCUT2D eigenvalue weighted by molar-refractivity contribution is 5.09. The summed E-state index contributed by atoms with van der Waals surface area (Å²) in [5.41, 5.74) is 1.12. The van der Waals surface area contributed by atoms with Crippen LogP contribution in [0.25, 0.3) is 0 Å². The first-order valence-electron chi connectivity index (χ1n) is 6.17. The van der Waals surface area contributed by atoms with Crippen molar-refractivity contribution in [2.45, 2.75) is 57.5 Å². The van der Waals surface area contributed by atoms with Gasteiger partial charge in [-0.1, -0.05) is 13.8 Å². The molecule has 0 radical (unpaired) electrons. The van der Waals surface area contributed by atoms with Crippen molar-refractivity contribution in [2.75, 3.05) is 0 Å². The van der Waals surface area contributed by atoms with Gasteiger partial charge < -0.3 is 5.11 Å². The fourth-order valence-electron chi connectivity index (χ4n) is 2.24. The van der Waals surface area contributed by atoms with Crippen LogP contribution in [0.4, 0.5) is 0 Å². The minimum atomic E-state index is -0.107. The Morgan fingerprint density at radius 3 is 2.56 bits per heavy atom. The molecule has 1 aliphatic carbocycles. The number of rotatable bonds is 2. The highest BCUT2D eigenvalue weighted by Crippen LogP contribution is 2.31. The second-order valence-corrected chi connectivity index (χ2v) is 5.00. The van der Waals surface area contributed by atoms with Crippen LogP contribution in [0.5, 0.6) is 0 Å². The molecule has 2 rings (SSSR count). The number of hydrogen-bond acceptors (Lipinski definition) is 3. The molecule has 1 heterocycles. The van der Waals surface area contributed by atoms with Crippen molar-refractivity contribution in [3.8, 4) is 0 Å². The number of aliphatic hydroxyl groups is 1. The molecule has 1 aliphatic rings. The standard InChI is InChI=1S/C13H20N2O/c1-9(2)12-7-8-14-13(15-12)10-3-5-11(16)6-4-10/h7-11,16H,3-6H2,1-2H3. The van der Waals surface area contributed by atoms with Crippen molar-refractivity contribution in [3.05, 3.63) is 23.8 Å². The Kier molecular flexibility index (Phi) is 3.54. The average molecular weight is 220 g/mol. The molecule has 88 valence electrons. The van der Waals surface area contributed by atoms with Crippen LogP contribution in [0.15, 0.2) is 12.3 Å². The lowest BCUT2D eigenvalue weighted by atomic mass is 9.87. The van der Waals surface area contributed by atoms with Crippen LogP contribution in [0.2, 0.25) is 0 Å². The molecule has 1 aromatic heterocycles. The molecule has 0 bridgehead atoms. The predicted octanol–water partition coefficient (Wildman–Crippen LogP) is 2.62. The first kappa shape index (κ1) is 11.5. The Bertz CT molecular complexity index is 344. The van der Waals surface area contributed by atoms with E-state index >= 15 is 0 Å². The van der Waals surface area contributed by atoms with E-state index in [-0.39, 0.29) is 6.10 Å². The summed E-state index contributed by atoms with van der Waals surface area (Å²) in [4.78, 5) is 9.01. The van der Waals surface area contributed by atoms with Gasteiger partial charge in [-0.25, -0.2) is 9.97 Å². The minimum Gasteiger partial charge on any atom is -0.393 e. The lowest BCUT2D eigenvalue weighted by molar-refractivity contribution is 0.121. The van der Waals surface area contributed by atoms with E-state index < -0.39 is 0 Å². The maximum atomic E-state index is 9.48. The molecule has 0 unspecified atom stereocenters. The third-order valence-electron chi connectivity index (χ3n) is 3.35. The zero-order valence-corrected chi connectivity index (χ0v) is 10.1. The van der Waals surface area contributed by atoms with Gasteiger partial charge in [0.2, 0.25) is 0 Å². The van der Waals surface area contributed by atoms with Crippen LogP contribution in [-0.2, 0) is 0 Å². The number of aromatic nitrogens is 2. The Morgan fingerprint density at radius 2 is 1.94 bits per heavy atom. The van der Waals surface area contributed by atoms with Crippen LogP contribution >= 0.6 is 0 Å². The van der Waals surface area contributed by atoms with Gasteiger partial charge in [0.05, 0.1) is 6.10 Å². The molecular weight excluding hydrogens is 200 g/mol. The summed E-state index contributed by atoms with van der Waals surface area (Å²) in [6, 6.07) is 1.99. The first-order chi connectivity index (χ1) is 7.66. The SMILES string of the molecule is CC(C)c1ccnc(C2CCC(O)CC2)n1. The van der Waals surface area contributed by atoms with E-state index in [1.807, 2.05) is 12.3 Å². The fraction of sp³-hybridized carbons (Fsp3) is 0.692. The molecule has 1 saturated carbocycles. The Balaban J connectivity index is 2.11. The summed E-state index contributed by atoms with van der Waals surface area (Å²) in [7, 11) is 0. The average Bonchev–Trinajstić information content (AvgIpc) is 2.30. The van der Waals surface area contributed by atoms with Crippen LogP contribution in [0.1, 0.15) is 62.9 Å².